The number of anilines is 1. The molecule has 0 aliphatic carbocycles. The lowest BCUT2D eigenvalue weighted by atomic mass is 10.1. The Labute approximate surface area is 110 Å². The predicted octanol–water partition coefficient (Wildman–Crippen LogP) is 0.815. The minimum atomic E-state index is 0.0787. The van der Waals surface area contributed by atoms with Crippen LogP contribution < -0.4 is 10.6 Å². The van der Waals surface area contributed by atoms with Crippen molar-refractivity contribution in [2.24, 2.45) is 5.92 Å². The van der Waals surface area contributed by atoms with Gasteiger partial charge < -0.3 is 10.6 Å². The second-order valence-electron chi connectivity index (χ2n) is 4.57. The van der Waals surface area contributed by atoms with Crippen LogP contribution in [-0.2, 0) is 4.79 Å². The minimum Gasteiger partial charge on any atom is -0.326 e. The first kappa shape index (κ1) is 11.9. The summed E-state index contributed by atoms with van der Waals surface area (Å²) < 4.78 is 1.67. The van der Waals surface area contributed by atoms with Gasteiger partial charge in [-0.1, -0.05) is 5.21 Å². The van der Waals surface area contributed by atoms with Crippen LogP contribution in [0, 0.1) is 5.92 Å². The molecule has 1 unspecified atom stereocenters. The summed E-state index contributed by atoms with van der Waals surface area (Å²) in [6, 6.07) is 7.54. The average molecular weight is 257 g/mol. The van der Waals surface area contributed by atoms with Gasteiger partial charge >= 0.3 is 0 Å². The first-order valence-corrected chi connectivity index (χ1v) is 6.31. The molecule has 0 spiro atoms. The molecular weight excluding hydrogens is 242 g/mol. The fraction of sp³-hybridized carbons (Fsp3) is 0.308. The molecule has 98 valence electrons. The number of benzene rings is 1. The standard InChI is InChI=1S/C13H15N5O/c19-13(10-5-6-14-9-10)16-11-1-3-12(4-2-11)18-8-7-15-17-18/h1-4,7-8,10,14H,5-6,9H2,(H,16,19). The first-order valence-electron chi connectivity index (χ1n) is 6.31. The molecule has 6 heteroatoms. The fourth-order valence-electron chi connectivity index (χ4n) is 2.17. The van der Waals surface area contributed by atoms with Crippen LogP contribution in [0.15, 0.2) is 36.7 Å². The van der Waals surface area contributed by atoms with Gasteiger partial charge in [-0.25, -0.2) is 4.68 Å². The number of nitrogens with one attached hydrogen (secondary N) is 2. The van der Waals surface area contributed by atoms with Gasteiger partial charge in [-0.2, -0.15) is 0 Å². The Kier molecular flexibility index (Phi) is 3.24. The van der Waals surface area contributed by atoms with Gasteiger partial charge in [-0.05, 0) is 37.2 Å². The maximum absolute atomic E-state index is 11.9. The maximum Gasteiger partial charge on any atom is 0.228 e. The lowest BCUT2D eigenvalue weighted by Gasteiger charge is -2.10. The van der Waals surface area contributed by atoms with Crippen molar-refractivity contribution in [1.29, 1.82) is 0 Å². The van der Waals surface area contributed by atoms with Crippen molar-refractivity contribution in [1.82, 2.24) is 20.3 Å². The second-order valence-corrected chi connectivity index (χ2v) is 4.57. The quantitative estimate of drug-likeness (QED) is 0.853. The fourth-order valence-corrected chi connectivity index (χ4v) is 2.17. The molecule has 1 saturated heterocycles. The van der Waals surface area contributed by atoms with Crippen molar-refractivity contribution in [2.45, 2.75) is 6.42 Å². The summed E-state index contributed by atoms with van der Waals surface area (Å²) in [5.41, 5.74) is 1.72. The molecule has 0 radical (unpaired) electrons. The van der Waals surface area contributed by atoms with E-state index >= 15 is 0 Å². The van der Waals surface area contributed by atoms with E-state index in [2.05, 4.69) is 20.9 Å². The zero-order valence-corrected chi connectivity index (χ0v) is 10.4. The number of nitrogens with zero attached hydrogens (tertiary/aromatic N) is 3. The van der Waals surface area contributed by atoms with E-state index in [9.17, 15) is 4.79 Å². The molecule has 1 aliphatic rings. The van der Waals surface area contributed by atoms with Crippen LogP contribution in [0.2, 0.25) is 0 Å². The van der Waals surface area contributed by atoms with Gasteiger partial charge in [-0.15, -0.1) is 5.10 Å². The number of aromatic nitrogens is 3. The van der Waals surface area contributed by atoms with Gasteiger partial charge in [-0.3, -0.25) is 4.79 Å². The summed E-state index contributed by atoms with van der Waals surface area (Å²) in [5.74, 6) is 0.161. The van der Waals surface area contributed by atoms with Crippen LogP contribution >= 0.6 is 0 Å². The van der Waals surface area contributed by atoms with Crippen LogP contribution in [0.1, 0.15) is 6.42 Å². The molecule has 0 bridgehead atoms. The molecule has 19 heavy (non-hydrogen) atoms. The van der Waals surface area contributed by atoms with Crippen molar-refractivity contribution >= 4 is 11.6 Å². The molecule has 0 saturated carbocycles. The van der Waals surface area contributed by atoms with Crippen molar-refractivity contribution in [3.8, 4) is 5.69 Å². The number of rotatable bonds is 3. The van der Waals surface area contributed by atoms with Gasteiger partial charge in [0.05, 0.1) is 24.0 Å². The highest BCUT2D eigenvalue weighted by Crippen LogP contribution is 2.15. The monoisotopic (exact) mass is 257 g/mol. The molecular formula is C13H15N5O. The predicted molar refractivity (Wildman–Crippen MR) is 71.0 cm³/mol. The van der Waals surface area contributed by atoms with Gasteiger partial charge in [0.15, 0.2) is 0 Å². The molecule has 1 fully saturated rings. The van der Waals surface area contributed by atoms with E-state index in [1.54, 1.807) is 17.1 Å². The Morgan fingerprint density at radius 3 is 2.84 bits per heavy atom. The van der Waals surface area contributed by atoms with Crippen LogP contribution in [-0.4, -0.2) is 34.0 Å². The second kappa shape index (κ2) is 5.19. The molecule has 2 heterocycles. The number of hydrogen-bond acceptors (Lipinski definition) is 4. The van der Waals surface area contributed by atoms with Gasteiger partial charge in [0.1, 0.15) is 0 Å². The van der Waals surface area contributed by atoms with Crippen LogP contribution in [0.5, 0.6) is 0 Å². The highest BCUT2D eigenvalue weighted by molar-refractivity contribution is 5.92. The third-order valence-corrected chi connectivity index (χ3v) is 3.25. The van der Waals surface area contributed by atoms with Crippen molar-refractivity contribution in [3.63, 3.8) is 0 Å². The van der Waals surface area contributed by atoms with Crippen molar-refractivity contribution < 1.29 is 4.79 Å². The average Bonchev–Trinajstić information content (AvgIpc) is 3.13. The number of hydrogen-bond donors (Lipinski definition) is 2. The molecule has 3 rings (SSSR count). The van der Waals surface area contributed by atoms with E-state index < -0.39 is 0 Å². The van der Waals surface area contributed by atoms with Crippen LogP contribution in [0.4, 0.5) is 5.69 Å². The highest BCUT2D eigenvalue weighted by Gasteiger charge is 2.22. The Bertz CT molecular complexity index is 543. The number of amides is 1. The minimum absolute atomic E-state index is 0.0787. The number of carbonyl (C=O) groups excluding carboxylic acids is 1. The first-order chi connectivity index (χ1) is 9.33. The van der Waals surface area contributed by atoms with E-state index in [-0.39, 0.29) is 11.8 Å². The number of carbonyl (C=O) groups is 1. The topological polar surface area (TPSA) is 71.8 Å². The summed E-state index contributed by atoms with van der Waals surface area (Å²) in [5, 5.41) is 13.8. The van der Waals surface area contributed by atoms with Crippen LogP contribution in [0.3, 0.4) is 0 Å². The lowest BCUT2D eigenvalue weighted by Crippen LogP contribution is -2.24. The zero-order valence-electron chi connectivity index (χ0n) is 10.4. The summed E-state index contributed by atoms with van der Waals surface area (Å²) in [4.78, 5) is 11.9. The van der Waals surface area contributed by atoms with E-state index in [0.717, 1.165) is 30.9 Å². The molecule has 1 amide bonds. The van der Waals surface area contributed by atoms with Crippen molar-refractivity contribution in [3.05, 3.63) is 36.7 Å². The molecule has 2 aromatic rings. The summed E-state index contributed by atoms with van der Waals surface area (Å²) >= 11 is 0. The Hall–Kier alpha value is -2.21. The Balaban J connectivity index is 1.67. The van der Waals surface area contributed by atoms with Gasteiger partial charge in [0.2, 0.25) is 5.91 Å². The van der Waals surface area contributed by atoms with E-state index in [4.69, 9.17) is 0 Å². The van der Waals surface area contributed by atoms with E-state index in [1.807, 2.05) is 24.3 Å². The highest BCUT2D eigenvalue weighted by atomic mass is 16.1. The smallest absolute Gasteiger partial charge is 0.228 e. The van der Waals surface area contributed by atoms with Crippen molar-refractivity contribution in [2.75, 3.05) is 18.4 Å². The third-order valence-electron chi connectivity index (χ3n) is 3.25. The van der Waals surface area contributed by atoms with Gasteiger partial charge in [0.25, 0.3) is 0 Å². The zero-order chi connectivity index (χ0) is 13.1. The lowest BCUT2D eigenvalue weighted by molar-refractivity contribution is -0.119. The SMILES string of the molecule is O=C(Nc1ccc(-n2ccnn2)cc1)C1CCNC1. The van der Waals surface area contributed by atoms with Crippen LogP contribution in [0.25, 0.3) is 5.69 Å². The Morgan fingerprint density at radius 1 is 1.37 bits per heavy atom. The maximum atomic E-state index is 11.9. The molecule has 1 aliphatic heterocycles. The summed E-state index contributed by atoms with van der Waals surface area (Å²) in [6.45, 7) is 1.69. The molecule has 1 atom stereocenters. The molecule has 1 aromatic heterocycles. The summed E-state index contributed by atoms with van der Waals surface area (Å²) in [7, 11) is 0. The molecule has 2 N–H and O–H groups in total. The van der Waals surface area contributed by atoms with E-state index in [1.165, 1.54) is 0 Å². The normalized spacial score (nSPS) is 18.4. The van der Waals surface area contributed by atoms with E-state index in [0.29, 0.717) is 0 Å². The Morgan fingerprint density at radius 2 is 2.21 bits per heavy atom. The van der Waals surface area contributed by atoms with Gasteiger partial charge in [0, 0.05) is 12.2 Å². The summed E-state index contributed by atoms with van der Waals surface area (Å²) in [6.07, 6.45) is 4.31. The molecule has 1 aromatic carbocycles. The largest absolute Gasteiger partial charge is 0.326 e. The molecule has 6 nitrogen and oxygen atoms in total. The third kappa shape index (κ3) is 2.63.